The van der Waals surface area contributed by atoms with Crippen LogP contribution in [0.25, 0.3) is 0 Å². The van der Waals surface area contributed by atoms with E-state index in [0.29, 0.717) is 11.3 Å². The standard InChI is InChI=1S/C12H15BrO4S/c1-4-18(15,16)12(2,13)11(14)9-5-7-10(17-3)8-6-9/h5-8H,4H2,1-3H3. The molecule has 0 heterocycles. The Morgan fingerprint density at radius 3 is 2.22 bits per heavy atom. The number of ether oxygens (including phenoxy) is 1. The Kier molecular flexibility index (Phi) is 4.55. The molecule has 0 amide bonds. The van der Waals surface area contributed by atoms with Gasteiger partial charge >= 0.3 is 0 Å². The molecule has 0 N–H and O–H groups in total. The first kappa shape index (κ1) is 15.2. The van der Waals surface area contributed by atoms with Crippen LogP contribution in [0.4, 0.5) is 0 Å². The van der Waals surface area contributed by atoms with Crippen molar-refractivity contribution in [1.82, 2.24) is 0 Å². The highest BCUT2D eigenvalue weighted by atomic mass is 79.9. The van der Waals surface area contributed by atoms with Crippen LogP contribution in [-0.4, -0.2) is 30.7 Å². The second kappa shape index (κ2) is 5.40. The summed E-state index contributed by atoms with van der Waals surface area (Å²) in [4.78, 5) is 12.2. The van der Waals surface area contributed by atoms with Crippen LogP contribution in [0.5, 0.6) is 5.75 Å². The summed E-state index contributed by atoms with van der Waals surface area (Å²) in [5, 5.41) is 0. The molecule has 6 heteroatoms. The van der Waals surface area contributed by atoms with Gasteiger partial charge in [-0.2, -0.15) is 0 Å². The number of ketones is 1. The number of carbonyl (C=O) groups is 1. The quantitative estimate of drug-likeness (QED) is 0.612. The zero-order valence-electron chi connectivity index (χ0n) is 10.4. The van der Waals surface area contributed by atoms with E-state index < -0.39 is 19.3 Å². The normalized spacial score (nSPS) is 14.9. The smallest absolute Gasteiger partial charge is 0.194 e. The predicted molar refractivity (Wildman–Crippen MR) is 74.1 cm³/mol. The van der Waals surface area contributed by atoms with Crippen molar-refractivity contribution in [3.05, 3.63) is 29.8 Å². The van der Waals surface area contributed by atoms with Crippen molar-refractivity contribution in [3.8, 4) is 5.75 Å². The minimum absolute atomic E-state index is 0.101. The Balaban J connectivity index is 3.14. The van der Waals surface area contributed by atoms with Crippen LogP contribution < -0.4 is 4.74 Å². The molecular weight excluding hydrogens is 320 g/mol. The average Bonchev–Trinajstić information content (AvgIpc) is 2.37. The van der Waals surface area contributed by atoms with Gasteiger partial charge in [-0.25, -0.2) is 8.42 Å². The summed E-state index contributed by atoms with van der Waals surface area (Å²) in [5.41, 5.74) is 0.326. The van der Waals surface area contributed by atoms with Gasteiger partial charge in [-0.1, -0.05) is 22.9 Å². The third-order valence-corrected chi connectivity index (χ3v) is 6.68. The third-order valence-electron chi connectivity index (χ3n) is 2.72. The number of methoxy groups -OCH3 is 1. The SMILES string of the molecule is CCS(=O)(=O)C(C)(Br)C(=O)c1ccc(OC)cc1. The minimum Gasteiger partial charge on any atom is -0.497 e. The van der Waals surface area contributed by atoms with Crippen LogP contribution in [0.15, 0.2) is 24.3 Å². The van der Waals surface area contributed by atoms with Gasteiger partial charge < -0.3 is 4.74 Å². The summed E-state index contributed by atoms with van der Waals surface area (Å²) < 4.78 is 27.1. The van der Waals surface area contributed by atoms with Crippen LogP contribution >= 0.6 is 15.9 Å². The molecule has 1 rings (SSSR count). The number of carbonyl (C=O) groups excluding carboxylic acids is 1. The number of Topliss-reactive ketones (excluding diaryl/α,β-unsaturated/α-hetero) is 1. The molecule has 0 aliphatic rings. The summed E-state index contributed by atoms with van der Waals surface area (Å²) in [7, 11) is -2.00. The molecule has 1 atom stereocenters. The fraction of sp³-hybridized carbons (Fsp3) is 0.417. The summed E-state index contributed by atoms with van der Waals surface area (Å²) in [6, 6.07) is 6.33. The van der Waals surface area contributed by atoms with Gasteiger partial charge in [0, 0.05) is 11.3 Å². The topological polar surface area (TPSA) is 60.4 Å². The summed E-state index contributed by atoms with van der Waals surface area (Å²) in [5.74, 6) is 0.0320. The lowest BCUT2D eigenvalue weighted by Gasteiger charge is -2.20. The van der Waals surface area contributed by atoms with Crippen molar-refractivity contribution in [2.24, 2.45) is 0 Å². The monoisotopic (exact) mass is 334 g/mol. The van der Waals surface area contributed by atoms with Gasteiger partial charge in [-0.15, -0.1) is 0 Å². The molecule has 0 bridgehead atoms. The van der Waals surface area contributed by atoms with E-state index in [1.807, 2.05) is 0 Å². The van der Waals surface area contributed by atoms with E-state index in [2.05, 4.69) is 15.9 Å². The second-order valence-corrected chi connectivity index (χ2v) is 8.61. The summed E-state index contributed by atoms with van der Waals surface area (Å²) in [6.45, 7) is 2.87. The van der Waals surface area contributed by atoms with Gasteiger partial charge in [0.15, 0.2) is 19.3 Å². The number of sulfone groups is 1. The Labute approximate surface area is 115 Å². The molecule has 18 heavy (non-hydrogen) atoms. The van der Waals surface area contributed by atoms with E-state index in [1.165, 1.54) is 21.0 Å². The van der Waals surface area contributed by atoms with Crippen LogP contribution in [0.3, 0.4) is 0 Å². The van der Waals surface area contributed by atoms with Crippen LogP contribution in [0.2, 0.25) is 0 Å². The fourth-order valence-electron chi connectivity index (χ4n) is 1.41. The lowest BCUT2D eigenvalue weighted by Crippen LogP contribution is -2.38. The van der Waals surface area contributed by atoms with E-state index >= 15 is 0 Å². The molecule has 0 aromatic heterocycles. The summed E-state index contributed by atoms with van der Waals surface area (Å²) >= 11 is 3.03. The fourth-order valence-corrected chi connectivity index (χ4v) is 3.27. The van der Waals surface area contributed by atoms with Crippen LogP contribution in [0, 0.1) is 0 Å². The lowest BCUT2D eigenvalue weighted by atomic mass is 10.1. The molecule has 0 radical (unpaired) electrons. The lowest BCUT2D eigenvalue weighted by molar-refractivity contribution is 0.0983. The zero-order chi connectivity index (χ0) is 14.0. The van der Waals surface area contributed by atoms with Gasteiger partial charge in [0.05, 0.1) is 7.11 Å². The molecule has 0 saturated heterocycles. The Hall–Kier alpha value is -0.880. The maximum Gasteiger partial charge on any atom is 0.194 e. The molecule has 0 fully saturated rings. The molecule has 0 saturated carbocycles. The van der Waals surface area contributed by atoms with Gasteiger partial charge in [0.1, 0.15) is 5.75 Å². The number of alkyl halides is 1. The Morgan fingerprint density at radius 2 is 1.83 bits per heavy atom. The van der Waals surface area contributed by atoms with Crippen LogP contribution in [-0.2, 0) is 9.84 Å². The van der Waals surface area contributed by atoms with E-state index in [-0.39, 0.29) is 5.75 Å². The first-order valence-electron chi connectivity index (χ1n) is 5.36. The van der Waals surface area contributed by atoms with Gasteiger partial charge in [-0.05, 0) is 31.2 Å². The van der Waals surface area contributed by atoms with Gasteiger partial charge in [0.2, 0.25) is 0 Å². The summed E-state index contributed by atoms with van der Waals surface area (Å²) in [6.07, 6.45) is 0. The number of hydrogen-bond donors (Lipinski definition) is 0. The van der Waals surface area contributed by atoms with Gasteiger partial charge in [0.25, 0.3) is 0 Å². The molecule has 100 valence electrons. The molecule has 0 spiro atoms. The van der Waals surface area contributed by atoms with Crippen molar-refractivity contribution < 1.29 is 17.9 Å². The second-order valence-electron chi connectivity index (χ2n) is 3.88. The van der Waals surface area contributed by atoms with Crippen molar-refractivity contribution in [2.75, 3.05) is 12.9 Å². The number of benzene rings is 1. The third kappa shape index (κ3) is 2.75. The first-order valence-corrected chi connectivity index (χ1v) is 7.81. The Bertz CT molecular complexity index is 532. The van der Waals surface area contributed by atoms with Crippen molar-refractivity contribution in [3.63, 3.8) is 0 Å². The van der Waals surface area contributed by atoms with E-state index in [9.17, 15) is 13.2 Å². The van der Waals surface area contributed by atoms with Crippen molar-refractivity contribution in [2.45, 2.75) is 17.5 Å². The number of hydrogen-bond acceptors (Lipinski definition) is 4. The molecule has 1 unspecified atom stereocenters. The maximum atomic E-state index is 12.2. The molecule has 4 nitrogen and oxygen atoms in total. The number of halogens is 1. The van der Waals surface area contributed by atoms with Crippen molar-refractivity contribution in [1.29, 1.82) is 0 Å². The highest BCUT2D eigenvalue weighted by Crippen LogP contribution is 2.30. The molecule has 1 aromatic carbocycles. The van der Waals surface area contributed by atoms with Crippen LogP contribution in [0.1, 0.15) is 24.2 Å². The van der Waals surface area contributed by atoms with Crippen molar-refractivity contribution >= 4 is 31.6 Å². The van der Waals surface area contributed by atoms with Gasteiger partial charge in [-0.3, -0.25) is 4.79 Å². The molecular formula is C12H15BrO4S. The molecule has 1 aromatic rings. The average molecular weight is 335 g/mol. The molecule has 0 aliphatic carbocycles. The first-order chi connectivity index (χ1) is 8.26. The van der Waals surface area contributed by atoms with E-state index in [0.717, 1.165) is 0 Å². The van der Waals surface area contributed by atoms with E-state index in [4.69, 9.17) is 4.74 Å². The highest BCUT2D eigenvalue weighted by Gasteiger charge is 2.42. The largest absolute Gasteiger partial charge is 0.497 e. The number of rotatable bonds is 5. The highest BCUT2D eigenvalue weighted by molar-refractivity contribution is 9.12. The maximum absolute atomic E-state index is 12.2. The van der Waals surface area contributed by atoms with E-state index in [1.54, 1.807) is 24.3 Å². The predicted octanol–water partition coefficient (Wildman–Crippen LogP) is 2.42. The minimum atomic E-state index is -3.52. The zero-order valence-corrected chi connectivity index (χ0v) is 12.8. The molecule has 0 aliphatic heterocycles. The Morgan fingerprint density at radius 1 is 1.33 bits per heavy atom.